The molecule has 4 aromatic rings. The van der Waals surface area contributed by atoms with Gasteiger partial charge >= 0.3 is 5.69 Å². The van der Waals surface area contributed by atoms with Gasteiger partial charge in [-0.25, -0.2) is 27.9 Å². The molecule has 9 nitrogen and oxygen atoms in total. The summed E-state index contributed by atoms with van der Waals surface area (Å²) in [6.45, 7) is 0.969. The van der Waals surface area contributed by atoms with Crippen LogP contribution in [0.1, 0.15) is 15.9 Å². The van der Waals surface area contributed by atoms with Crippen molar-refractivity contribution < 1.29 is 18.0 Å². The third-order valence-electron chi connectivity index (χ3n) is 6.04. The van der Waals surface area contributed by atoms with E-state index in [1.165, 1.54) is 17.0 Å². The van der Waals surface area contributed by atoms with Gasteiger partial charge in [0, 0.05) is 38.6 Å². The maximum atomic E-state index is 14.7. The molecule has 0 atom stereocenters. The number of aromatic amines is 1. The molecule has 5 rings (SSSR count). The summed E-state index contributed by atoms with van der Waals surface area (Å²) < 4.78 is 44.5. The maximum absolute atomic E-state index is 14.7. The molecule has 1 N–H and O–H groups in total. The van der Waals surface area contributed by atoms with Crippen LogP contribution in [0.3, 0.4) is 0 Å². The zero-order valence-corrected chi connectivity index (χ0v) is 18.7. The highest BCUT2D eigenvalue weighted by molar-refractivity contribution is 5.95. The first-order valence-corrected chi connectivity index (χ1v) is 11.0. The fourth-order valence-electron chi connectivity index (χ4n) is 4.27. The van der Waals surface area contributed by atoms with E-state index >= 15 is 0 Å². The van der Waals surface area contributed by atoms with E-state index in [4.69, 9.17) is 0 Å². The topological polar surface area (TPSA) is 104 Å². The molecular formula is C24H19F3N6O3. The number of rotatable bonds is 4. The van der Waals surface area contributed by atoms with Crippen molar-refractivity contribution in [1.29, 1.82) is 0 Å². The molecular weight excluding hydrogens is 477 g/mol. The van der Waals surface area contributed by atoms with Crippen LogP contribution in [0, 0.1) is 17.5 Å². The van der Waals surface area contributed by atoms with Crippen LogP contribution < -0.4 is 16.1 Å². The molecule has 184 valence electrons. The summed E-state index contributed by atoms with van der Waals surface area (Å²) in [6.07, 6.45) is 3.21. The summed E-state index contributed by atoms with van der Waals surface area (Å²) in [5.74, 6) is -3.59. The van der Waals surface area contributed by atoms with Crippen LogP contribution >= 0.6 is 0 Å². The Kier molecular flexibility index (Phi) is 6.00. The highest BCUT2D eigenvalue weighted by atomic mass is 19.2. The molecule has 1 amide bonds. The molecule has 0 saturated carbocycles. The van der Waals surface area contributed by atoms with E-state index in [0.717, 1.165) is 22.8 Å². The van der Waals surface area contributed by atoms with Gasteiger partial charge in [0.25, 0.3) is 11.5 Å². The van der Waals surface area contributed by atoms with E-state index in [1.54, 1.807) is 18.5 Å². The van der Waals surface area contributed by atoms with Gasteiger partial charge in [-0.2, -0.15) is 0 Å². The van der Waals surface area contributed by atoms with E-state index in [0.29, 0.717) is 19.0 Å². The van der Waals surface area contributed by atoms with E-state index in [-0.39, 0.29) is 36.1 Å². The van der Waals surface area contributed by atoms with Gasteiger partial charge < -0.3 is 9.80 Å². The highest BCUT2D eigenvalue weighted by Crippen LogP contribution is 2.21. The number of carbonyl (C=O) groups excluding carboxylic acids is 1. The van der Waals surface area contributed by atoms with Crippen molar-refractivity contribution >= 4 is 22.8 Å². The Bertz CT molecular complexity index is 1580. The minimum Gasteiger partial charge on any atom is -0.337 e. The molecule has 3 heterocycles. The zero-order valence-electron chi connectivity index (χ0n) is 18.7. The molecule has 2 aromatic heterocycles. The van der Waals surface area contributed by atoms with Crippen molar-refractivity contribution in [3.63, 3.8) is 0 Å². The minimum atomic E-state index is -1.30. The molecule has 0 bridgehead atoms. The molecule has 2 aromatic carbocycles. The van der Waals surface area contributed by atoms with Crippen LogP contribution in [0.15, 0.2) is 58.4 Å². The Morgan fingerprint density at radius 3 is 2.39 bits per heavy atom. The molecule has 36 heavy (non-hydrogen) atoms. The van der Waals surface area contributed by atoms with Gasteiger partial charge in [0.1, 0.15) is 5.82 Å². The monoisotopic (exact) mass is 496 g/mol. The van der Waals surface area contributed by atoms with E-state index in [9.17, 15) is 27.6 Å². The largest absolute Gasteiger partial charge is 0.337 e. The fourth-order valence-corrected chi connectivity index (χ4v) is 4.27. The Balaban J connectivity index is 1.43. The number of H-pyrrole nitrogens is 1. The average Bonchev–Trinajstić information content (AvgIpc) is 2.88. The lowest BCUT2D eigenvalue weighted by Gasteiger charge is -2.34. The third kappa shape index (κ3) is 4.21. The van der Waals surface area contributed by atoms with Gasteiger partial charge in [0.05, 0.1) is 23.0 Å². The van der Waals surface area contributed by atoms with Gasteiger partial charge in [-0.15, -0.1) is 0 Å². The number of carbonyl (C=O) groups is 1. The Labute approximate surface area is 201 Å². The van der Waals surface area contributed by atoms with E-state index < -0.39 is 40.2 Å². The van der Waals surface area contributed by atoms with Gasteiger partial charge in [0.2, 0.25) is 5.95 Å². The van der Waals surface area contributed by atoms with E-state index in [2.05, 4.69) is 9.97 Å². The van der Waals surface area contributed by atoms with Crippen LogP contribution in [0.4, 0.5) is 19.1 Å². The predicted octanol–water partition coefficient (Wildman–Crippen LogP) is 1.91. The lowest BCUT2D eigenvalue weighted by atomic mass is 10.1. The molecule has 0 unspecified atom stereocenters. The molecule has 1 fully saturated rings. The molecule has 0 spiro atoms. The number of amides is 1. The van der Waals surface area contributed by atoms with Gasteiger partial charge in [-0.1, -0.05) is 6.07 Å². The number of nitrogens with zero attached hydrogens (tertiary/aromatic N) is 5. The molecule has 1 saturated heterocycles. The number of anilines is 1. The Morgan fingerprint density at radius 1 is 0.944 bits per heavy atom. The maximum Gasteiger partial charge on any atom is 0.329 e. The van der Waals surface area contributed by atoms with Crippen LogP contribution in [0.5, 0.6) is 0 Å². The quantitative estimate of drug-likeness (QED) is 0.463. The summed E-state index contributed by atoms with van der Waals surface area (Å²) in [5.41, 5.74) is -2.16. The number of fused-ring (bicyclic) bond motifs is 1. The first-order valence-electron chi connectivity index (χ1n) is 11.0. The SMILES string of the molecule is O=C(c1cc(Cn2c(=O)[nH]c(=O)c3c(F)cccc32)cc(F)c1F)N1CCN(c2ncccn2)CC1. The summed E-state index contributed by atoms with van der Waals surface area (Å²) in [4.78, 5) is 51.3. The Hall–Kier alpha value is -4.48. The van der Waals surface area contributed by atoms with Gasteiger partial charge in [-0.05, 0) is 35.9 Å². The number of benzene rings is 2. The fraction of sp³-hybridized carbons (Fsp3) is 0.208. The van der Waals surface area contributed by atoms with Gasteiger partial charge in [-0.3, -0.25) is 19.1 Å². The molecule has 12 heteroatoms. The second kappa shape index (κ2) is 9.29. The van der Waals surface area contributed by atoms with Crippen molar-refractivity contribution in [2.45, 2.75) is 6.54 Å². The van der Waals surface area contributed by atoms with Crippen LogP contribution in [-0.2, 0) is 6.54 Å². The average molecular weight is 496 g/mol. The standard InChI is InChI=1S/C24H19F3N6O3/c25-16-3-1-4-18-19(16)21(34)30-24(36)33(18)13-14-11-15(20(27)17(26)12-14)22(35)31-7-9-32(10-8-31)23-28-5-2-6-29-23/h1-6,11-12H,7-10,13H2,(H,30,34,36). The third-order valence-corrected chi connectivity index (χ3v) is 6.04. The number of halogens is 3. The number of aromatic nitrogens is 4. The lowest BCUT2D eigenvalue weighted by molar-refractivity contribution is 0.0740. The molecule has 1 aliphatic heterocycles. The highest BCUT2D eigenvalue weighted by Gasteiger charge is 2.27. The number of hydrogen-bond donors (Lipinski definition) is 1. The van der Waals surface area contributed by atoms with Crippen LogP contribution in [0.2, 0.25) is 0 Å². The predicted molar refractivity (Wildman–Crippen MR) is 124 cm³/mol. The summed E-state index contributed by atoms with van der Waals surface area (Å²) in [5, 5.41) is -0.337. The van der Waals surface area contributed by atoms with Crippen LogP contribution in [0.25, 0.3) is 10.9 Å². The second-order valence-electron chi connectivity index (χ2n) is 8.25. The molecule has 0 aliphatic carbocycles. The summed E-state index contributed by atoms with van der Waals surface area (Å²) in [7, 11) is 0. The first kappa shape index (κ1) is 23.3. The molecule has 1 aliphatic rings. The minimum absolute atomic E-state index is 0.0133. The van der Waals surface area contributed by atoms with Crippen molar-refractivity contribution in [2.24, 2.45) is 0 Å². The van der Waals surface area contributed by atoms with Crippen molar-refractivity contribution in [2.75, 3.05) is 31.1 Å². The zero-order chi connectivity index (χ0) is 25.4. The van der Waals surface area contributed by atoms with Crippen LogP contribution in [-0.4, -0.2) is 56.5 Å². The van der Waals surface area contributed by atoms with Crippen molar-refractivity contribution in [1.82, 2.24) is 24.4 Å². The number of hydrogen-bond acceptors (Lipinski definition) is 6. The smallest absolute Gasteiger partial charge is 0.329 e. The van der Waals surface area contributed by atoms with Crippen molar-refractivity contribution in [3.05, 3.63) is 98.2 Å². The van der Waals surface area contributed by atoms with Gasteiger partial charge in [0.15, 0.2) is 11.6 Å². The number of piperazine rings is 1. The summed E-state index contributed by atoms with van der Waals surface area (Å²) in [6, 6.07) is 7.48. The number of nitrogens with one attached hydrogen (secondary N) is 1. The second-order valence-corrected chi connectivity index (χ2v) is 8.25. The summed E-state index contributed by atoms with van der Waals surface area (Å²) >= 11 is 0. The normalized spacial score (nSPS) is 13.9. The van der Waals surface area contributed by atoms with Crippen molar-refractivity contribution in [3.8, 4) is 0 Å². The Morgan fingerprint density at radius 2 is 1.67 bits per heavy atom. The lowest BCUT2D eigenvalue weighted by Crippen LogP contribution is -2.49. The first-order chi connectivity index (χ1) is 17.3. The molecule has 0 radical (unpaired) electrons. The van der Waals surface area contributed by atoms with E-state index in [1.807, 2.05) is 9.88 Å².